The molecule has 0 aliphatic carbocycles. The second kappa shape index (κ2) is 5.99. The van der Waals surface area contributed by atoms with Crippen LogP contribution in [-0.4, -0.2) is 46.3 Å². The molecule has 3 heterocycles. The molecule has 1 aromatic rings. The highest BCUT2D eigenvalue weighted by Gasteiger charge is 2.65. The van der Waals surface area contributed by atoms with Gasteiger partial charge in [-0.25, -0.2) is 14.0 Å². The van der Waals surface area contributed by atoms with Crippen molar-refractivity contribution >= 4 is 12.1 Å². The van der Waals surface area contributed by atoms with Gasteiger partial charge in [-0.3, -0.25) is 19.1 Å². The van der Waals surface area contributed by atoms with Gasteiger partial charge in [0.05, 0.1) is 7.29 Å². The SMILES string of the molecule is [2H][C@@]1(n2ccc(=O)[nH]c2=O)O[C@](F)(COC(=O)C(C)C)[C@H]2OC(=O)O[C@H]21. The first kappa shape index (κ1) is 15.8. The van der Waals surface area contributed by atoms with Gasteiger partial charge in [0.1, 0.15) is 0 Å². The highest BCUT2D eigenvalue weighted by Crippen LogP contribution is 2.44. The lowest BCUT2D eigenvalue weighted by molar-refractivity contribution is -0.220. The standard InChI is InChI=1S/C14H15FN2O8/c1-6(2)11(19)22-5-14(15)9-8(23-13(21)24-9)10(25-14)17-4-3-7(18)16-12(17)20/h3-4,6,8-10H,5H2,1-2H3,(H,16,18,20)/t8-,9+,10-,14-/m1/s1/i10D. The smallest absolute Gasteiger partial charge is 0.459 e. The number of halogens is 1. The van der Waals surface area contributed by atoms with Gasteiger partial charge in [-0.2, -0.15) is 0 Å². The van der Waals surface area contributed by atoms with Crippen LogP contribution in [0.25, 0.3) is 0 Å². The number of nitrogens with zero attached hydrogens (tertiary/aromatic N) is 1. The normalized spacial score (nSPS) is 34.2. The molecular formula is C14H15FN2O8. The molecule has 2 aliphatic rings. The first-order valence-electron chi connectivity index (χ1n) is 7.82. The lowest BCUT2D eigenvalue weighted by Gasteiger charge is -2.23. The van der Waals surface area contributed by atoms with E-state index in [1.807, 2.05) is 4.98 Å². The minimum absolute atomic E-state index is 0.541. The Kier molecular flexibility index (Phi) is 3.79. The molecule has 2 fully saturated rings. The van der Waals surface area contributed by atoms with Gasteiger partial charge in [-0.1, -0.05) is 13.8 Å². The van der Waals surface area contributed by atoms with Gasteiger partial charge in [-0.05, 0) is 0 Å². The molecule has 0 unspecified atom stereocenters. The molecule has 2 aliphatic heterocycles. The Labute approximate surface area is 140 Å². The number of carbonyl (C=O) groups excluding carboxylic acids is 2. The molecule has 0 aromatic carbocycles. The third-order valence-corrected chi connectivity index (χ3v) is 3.61. The summed E-state index contributed by atoms with van der Waals surface area (Å²) in [4.78, 5) is 48.1. The Balaban J connectivity index is 1.98. The van der Waals surface area contributed by atoms with E-state index >= 15 is 4.39 Å². The fourth-order valence-corrected chi connectivity index (χ4v) is 2.37. The topological polar surface area (TPSA) is 126 Å². The Morgan fingerprint density at radius 2 is 2.20 bits per heavy atom. The predicted octanol–water partition coefficient (Wildman–Crippen LogP) is -0.166. The van der Waals surface area contributed by atoms with Gasteiger partial charge in [0.2, 0.25) is 6.10 Å². The maximum atomic E-state index is 15.3. The van der Waals surface area contributed by atoms with Crippen LogP contribution in [0.4, 0.5) is 9.18 Å². The molecule has 1 N–H and O–H groups in total. The Morgan fingerprint density at radius 1 is 1.48 bits per heavy atom. The summed E-state index contributed by atoms with van der Waals surface area (Å²) in [5.74, 6) is -4.23. The van der Waals surface area contributed by atoms with Crippen molar-refractivity contribution in [1.29, 1.82) is 0 Å². The zero-order valence-electron chi connectivity index (χ0n) is 14.2. The molecule has 0 amide bonds. The summed E-state index contributed by atoms with van der Waals surface area (Å²) < 4.78 is 43.5. The van der Waals surface area contributed by atoms with Gasteiger partial charge in [0.15, 0.2) is 18.9 Å². The molecule has 0 bridgehead atoms. The van der Waals surface area contributed by atoms with Crippen LogP contribution in [0, 0.1) is 5.92 Å². The van der Waals surface area contributed by atoms with Crippen molar-refractivity contribution in [3.05, 3.63) is 33.1 Å². The quantitative estimate of drug-likeness (QED) is 0.735. The van der Waals surface area contributed by atoms with E-state index < -0.39 is 60.2 Å². The van der Waals surface area contributed by atoms with Gasteiger partial charge in [0, 0.05) is 12.3 Å². The van der Waals surface area contributed by atoms with Crippen molar-refractivity contribution in [2.75, 3.05) is 6.61 Å². The van der Waals surface area contributed by atoms with Crippen LogP contribution in [0.2, 0.25) is 0 Å². The molecule has 0 radical (unpaired) electrons. The summed E-state index contributed by atoms with van der Waals surface area (Å²) in [6.45, 7) is 2.07. The molecular weight excluding hydrogens is 343 g/mol. The van der Waals surface area contributed by atoms with Crippen LogP contribution >= 0.6 is 0 Å². The summed E-state index contributed by atoms with van der Waals surface area (Å²) in [7, 11) is 0. The van der Waals surface area contributed by atoms with Crippen molar-refractivity contribution in [1.82, 2.24) is 9.55 Å². The number of aromatic amines is 1. The fourth-order valence-electron chi connectivity index (χ4n) is 2.37. The van der Waals surface area contributed by atoms with Gasteiger partial charge < -0.3 is 18.9 Å². The van der Waals surface area contributed by atoms with Crippen molar-refractivity contribution in [3.63, 3.8) is 0 Å². The van der Waals surface area contributed by atoms with Crippen LogP contribution in [-0.2, 0) is 23.7 Å². The summed E-state index contributed by atoms with van der Waals surface area (Å²) >= 11 is 0. The zero-order valence-corrected chi connectivity index (χ0v) is 13.2. The highest BCUT2D eigenvalue weighted by molar-refractivity contribution is 5.71. The van der Waals surface area contributed by atoms with Gasteiger partial charge >= 0.3 is 17.8 Å². The Hall–Kier alpha value is -2.69. The molecule has 3 rings (SSSR count). The number of hydrogen-bond acceptors (Lipinski definition) is 8. The van der Waals surface area contributed by atoms with Crippen molar-refractivity contribution in [2.24, 2.45) is 5.92 Å². The minimum atomic E-state index is -2.93. The lowest BCUT2D eigenvalue weighted by atomic mass is 10.1. The number of aromatic nitrogens is 2. The summed E-state index contributed by atoms with van der Waals surface area (Å²) in [5.41, 5.74) is -1.83. The third-order valence-electron chi connectivity index (χ3n) is 3.61. The van der Waals surface area contributed by atoms with E-state index in [0.717, 1.165) is 12.3 Å². The summed E-state index contributed by atoms with van der Waals surface area (Å²) in [6, 6.07) is 0.907. The predicted molar refractivity (Wildman–Crippen MR) is 76.2 cm³/mol. The van der Waals surface area contributed by atoms with Crippen LogP contribution in [0.5, 0.6) is 0 Å². The molecule has 0 spiro atoms. The van der Waals surface area contributed by atoms with E-state index in [1.165, 1.54) is 13.8 Å². The number of nitrogens with one attached hydrogen (secondary N) is 1. The van der Waals surface area contributed by atoms with Crippen molar-refractivity contribution in [3.8, 4) is 0 Å². The molecule has 2 saturated heterocycles. The zero-order chi connectivity index (χ0) is 19.3. The van der Waals surface area contributed by atoms with Crippen LogP contribution in [0.15, 0.2) is 21.9 Å². The fraction of sp³-hybridized carbons (Fsp3) is 0.571. The molecule has 25 heavy (non-hydrogen) atoms. The van der Waals surface area contributed by atoms with Crippen molar-refractivity contribution < 1.29 is 34.3 Å². The number of ether oxygens (including phenoxy) is 4. The molecule has 10 nitrogen and oxygen atoms in total. The monoisotopic (exact) mass is 359 g/mol. The third kappa shape index (κ3) is 3.02. The van der Waals surface area contributed by atoms with Gasteiger partial charge in [0.25, 0.3) is 11.4 Å². The highest BCUT2D eigenvalue weighted by atomic mass is 19.2. The largest absolute Gasteiger partial charge is 0.509 e. The molecule has 4 atom stereocenters. The van der Waals surface area contributed by atoms with Gasteiger partial charge in [-0.15, -0.1) is 0 Å². The lowest BCUT2D eigenvalue weighted by Crippen LogP contribution is -2.43. The second-order valence-electron chi connectivity index (χ2n) is 5.80. The average molecular weight is 359 g/mol. The number of rotatable bonds is 4. The molecule has 0 saturated carbocycles. The number of alkyl halides is 1. The first-order valence-corrected chi connectivity index (χ1v) is 7.32. The maximum Gasteiger partial charge on any atom is 0.509 e. The number of hydrogen-bond donors (Lipinski definition) is 1. The maximum absolute atomic E-state index is 15.3. The van der Waals surface area contributed by atoms with Crippen LogP contribution in [0.3, 0.4) is 0 Å². The van der Waals surface area contributed by atoms with E-state index in [2.05, 4.69) is 0 Å². The molecule has 136 valence electrons. The Morgan fingerprint density at radius 3 is 2.84 bits per heavy atom. The van der Waals surface area contributed by atoms with Crippen LogP contribution < -0.4 is 11.2 Å². The number of esters is 1. The van der Waals surface area contributed by atoms with E-state index in [4.69, 9.17) is 20.3 Å². The second-order valence-corrected chi connectivity index (χ2v) is 5.80. The van der Waals surface area contributed by atoms with E-state index in [0.29, 0.717) is 4.57 Å². The van der Waals surface area contributed by atoms with Crippen molar-refractivity contribution in [2.45, 2.75) is 38.1 Å². The number of H-pyrrole nitrogens is 1. The molecule has 1 aromatic heterocycles. The number of carbonyl (C=O) groups is 2. The summed E-state index contributed by atoms with van der Waals surface area (Å²) in [6.07, 6.45) is -6.40. The number of fused-ring (bicyclic) bond motifs is 1. The first-order chi connectivity index (χ1) is 12.1. The average Bonchev–Trinajstić information content (AvgIpc) is 3.03. The minimum Gasteiger partial charge on any atom is -0.459 e. The molecule has 11 heteroatoms. The van der Waals surface area contributed by atoms with E-state index in [9.17, 15) is 19.2 Å². The van der Waals surface area contributed by atoms with E-state index in [1.54, 1.807) is 0 Å². The summed E-state index contributed by atoms with van der Waals surface area (Å²) in [5, 5.41) is 0. The van der Waals surface area contributed by atoms with Crippen LogP contribution in [0.1, 0.15) is 21.4 Å². The Bertz CT molecular complexity index is 869. The van der Waals surface area contributed by atoms with E-state index in [-0.39, 0.29) is 0 Å².